The second-order valence-electron chi connectivity index (χ2n) is 4.08. The SMILES string of the molecule is CNC(=O)c1sc(NCCC(C)C)cc1N. The molecule has 1 rings (SSSR count). The molecule has 0 atom stereocenters. The molecule has 5 heteroatoms. The van der Waals surface area contributed by atoms with Crippen molar-refractivity contribution in [2.75, 3.05) is 24.6 Å². The van der Waals surface area contributed by atoms with Crippen molar-refractivity contribution in [3.8, 4) is 0 Å². The molecular weight excluding hydrogens is 222 g/mol. The zero-order valence-electron chi connectivity index (χ0n) is 9.96. The van der Waals surface area contributed by atoms with E-state index in [0.717, 1.165) is 18.0 Å². The Morgan fingerprint density at radius 3 is 2.81 bits per heavy atom. The van der Waals surface area contributed by atoms with Crippen LogP contribution in [0.25, 0.3) is 0 Å². The van der Waals surface area contributed by atoms with Crippen molar-refractivity contribution in [3.05, 3.63) is 10.9 Å². The largest absolute Gasteiger partial charge is 0.397 e. The summed E-state index contributed by atoms with van der Waals surface area (Å²) in [6.07, 6.45) is 1.10. The maximum Gasteiger partial charge on any atom is 0.263 e. The molecule has 0 bridgehead atoms. The molecule has 0 fully saturated rings. The van der Waals surface area contributed by atoms with Crippen LogP contribution in [0.5, 0.6) is 0 Å². The molecule has 90 valence electrons. The monoisotopic (exact) mass is 241 g/mol. The van der Waals surface area contributed by atoms with Crippen molar-refractivity contribution in [2.45, 2.75) is 20.3 Å². The van der Waals surface area contributed by atoms with Gasteiger partial charge in [0.15, 0.2) is 0 Å². The summed E-state index contributed by atoms with van der Waals surface area (Å²) in [4.78, 5) is 12.0. The van der Waals surface area contributed by atoms with Gasteiger partial charge in [0.1, 0.15) is 4.88 Å². The van der Waals surface area contributed by atoms with Crippen LogP contribution in [0.2, 0.25) is 0 Å². The molecule has 0 radical (unpaired) electrons. The second kappa shape index (κ2) is 5.75. The Morgan fingerprint density at radius 1 is 1.56 bits per heavy atom. The van der Waals surface area contributed by atoms with Crippen LogP contribution in [0.15, 0.2) is 6.07 Å². The normalized spacial score (nSPS) is 10.5. The number of carbonyl (C=O) groups is 1. The minimum atomic E-state index is -0.126. The summed E-state index contributed by atoms with van der Waals surface area (Å²) in [5.74, 6) is 0.544. The zero-order valence-corrected chi connectivity index (χ0v) is 10.8. The van der Waals surface area contributed by atoms with Crippen molar-refractivity contribution >= 4 is 27.9 Å². The van der Waals surface area contributed by atoms with Crippen molar-refractivity contribution < 1.29 is 4.79 Å². The summed E-state index contributed by atoms with van der Waals surface area (Å²) in [6.45, 7) is 5.27. The van der Waals surface area contributed by atoms with Crippen LogP contribution in [0.4, 0.5) is 10.7 Å². The van der Waals surface area contributed by atoms with E-state index in [9.17, 15) is 4.79 Å². The van der Waals surface area contributed by atoms with E-state index in [1.54, 1.807) is 7.05 Å². The van der Waals surface area contributed by atoms with E-state index in [2.05, 4.69) is 24.5 Å². The lowest BCUT2D eigenvalue weighted by Crippen LogP contribution is -2.17. The zero-order chi connectivity index (χ0) is 12.1. The fourth-order valence-electron chi connectivity index (χ4n) is 1.27. The Kier molecular flexibility index (Phi) is 4.61. The lowest BCUT2D eigenvalue weighted by molar-refractivity contribution is 0.0968. The number of rotatable bonds is 5. The number of nitrogens with two attached hydrogens (primary N) is 1. The third-order valence-corrected chi connectivity index (χ3v) is 3.32. The average molecular weight is 241 g/mol. The summed E-state index contributed by atoms with van der Waals surface area (Å²) in [7, 11) is 1.60. The Hall–Kier alpha value is -1.23. The molecule has 4 nitrogen and oxygen atoms in total. The van der Waals surface area contributed by atoms with E-state index >= 15 is 0 Å². The number of hydrogen-bond donors (Lipinski definition) is 3. The molecule has 0 saturated carbocycles. The summed E-state index contributed by atoms with van der Waals surface area (Å²) >= 11 is 1.40. The van der Waals surface area contributed by atoms with E-state index in [1.165, 1.54) is 11.3 Å². The molecule has 1 aromatic heterocycles. The molecule has 0 spiro atoms. The van der Waals surface area contributed by atoms with Crippen molar-refractivity contribution in [2.24, 2.45) is 5.92 Å². The van der Waals surface area contributed by atoms with Gasteiger partial charge in [-0.25, -0.2) is 0 Å². The predicted molar refractivity (Wildman–Crippen MR) is 70.1 cm³/mol. The summed E-state index contributed by atoms with van der Waals surface area (Å²) in [5, 5.41) is 6.80. The first-order valence-corrected chi connectivity index (χ1v) is 6.21. The first-order valence-electron chi connectivity index (χ1n) is 5.39. The van der Waals surface area contributed by atoms with Gasteiger partial charge in [-0.1, -0.05) is 13.8 Å². The van der Waals surface area contributed by atoms with Crippen LogP contribution in [-0.4, -0.2) is 19.5 Å². The standard InChI is InChI=1S/C11H19N3OS/c1-7(2)4-5-14-9-6-8(12)10(16-9)11(15)13-3/h6-7,14H,4-5,12H2,1-3H3,(H,13,15). The number of thiophene rings is 1. The molecule has 0 aliphatic rings. The topological polar surface area (TPSA) is 67.2 Å². The summed E-state index contributed by atoms with van der Waals surface area (Å²) < 4.78 is 0. The molecule has 0 aliphatic heterocycles. The molecular formula is C11H19N3OS. The van der Waals surface area contributed by atoms with Crippen LogP contribution >= 0.6 is 11.3 Å². The van der Waals surface area contributed by atoms with Gasteiger partial charge in [-0.2, -0.15) is 0 Å². The average Bonchev–Trinajstić information content (AvgIpc) is 2.58. The van der Waals surface area contributed by atoms with Gasteiger partial charge in [0.2, 0.25) is 0 Å². The van der Waals surface area contributed by atoms with Crippen LogP contribution in [0, 0.1) is 5.92 Å². The van der Waals surface area contributed by atoms with Gasteiger partial charge in [-0.3, -0.25) is 4.79 Å². The Labute approximate surface area is 100 Å². The van der Waals surface area contributed by atoms with Crippen molar-refractivity contribution in [3.63, 3.8) is 0 Å². The van der Waals surface area contributed by atoms with E-state index < -0.39 is 0 Å². The van der Waals surface area contributed by atoms with Gasteiger partial charge < -0.3 is 16.4 Å². The van der Waals surface area contributed by atoms with Crippen molar-refractivity contribution in [1.82, 2.24) is 5.32 Å². The lowest BCUT2D eigenvalue weighted by atomic mass is 10.1. The molecule has 16 heavy (non-hydrogen) atoms. The number of nitrogen functional groups attached to an aromatic ring is 1. The Balaban J connectivity index is 2.59. The fraction of sp³-hybridized carbons (Fsp3) is 0.545. The molecule has 0 saturated heterocycles. The number of anilines is 2. The van der Waals surface area contributed by atoms with Gasteiger partial charge in [0, 0.05) is 13.6 Å². The predicted octanol–water partition coefficient (Wildman–Crippen LogP) is 2.15. The first-order chi connectivity index (χ1) is 7.54. The summed E-state index contributed by atoms with van der Waals surface area (Å²) in [5.41, 5.74) is 6.30. The maximum atomic E-state index is 11.4. The first kappa shape index (κ1) is 12.8. The molecule has 1 aromatic rings. The minimum Gasteiger partial charge on any atom is -0.397 e. The third kappa shape index (κ3) is 3.41. The highest BCUT2D eigenvalue weighted by Gasteiger charge is 2.12. The van der Waals surface area contributed by atoms with Crippen LogP contribution in [-0.2, 0) is 0 Å². The maximum absolute atomic E-state index is 11.4. The van der Waals surface area contributed by atoms with Gasteiger partial charge in [-0.15, -0.1) is 11.3 Å². The Morgan fingerprint density at radius 2 is 2.25 bits per heavy atom. The highest BCUT2D eigenvalue weighted by molar-refractivity contribution is 7.18. The van der Waals surface area contributed by atoms with Crippen LogP contribution in [0.1, 0.15) is 29.9 Å². The number of amides is 1. The molecule has 0 aromatic carbocycles. The van der Waals surface area contributed by atoms with Gasteiger partial charge in [0.25, 0.3) is 5.91 Å². The van der Waals surface area contributed by atoms with E-state index in [4.69, 9.17) is 5.73 Å². The highest BCUT2D eigenvalue weighted by Crippen LogP contribution is 2.29. The third-order valence-electron chi connectivity index (χ3n) is 2.22. The summed E-state index contributed by atoms with van der Waals surface area (Å²) in [6, 6.07) is 1.82. The van der Waals surface area contributed by atoms with Gasteiger partial charge in [-0.05, 0) is 18.4 Å². The van der Waals surface area contributed by atoms with Crippen molar-refractivity contribution in [1.29, 1.82) is 0 Å². The second-order valence-corrected chi connectivity index (χ2v) is 5.14. The van der Waals surface area contributed by atoms with Gasteiger partial charge in [0.05, 0.1) is 10.7 Å². The number of carbonyl (C=O) groups excluding carboxylic acids is 1. The molecule has 1 amide bonds. The van der Waals surface area contributed by atoms with E-state index in [-0.39, 0.29) is 5.91 Å². The van der Waals surface area contributed by atoms with Crippen LogP contribution in [0.3, 0.4) is 0 Å². The molecule has 0 aliphatic carbocycles. The minimum absolute atomic E-state index is 0.126. The quantitative estimate of drug-likeness (QED) is 0.740. The van der Waals surface area contributed by atoms with Gasteiger partial charge >= 0.3 is 0 Å². The smallest absolute Gasteiger partial charge is 0.263 e. The Bertz CT molecular complexity index is 360. The highest BCUT2D eigenvalue weighted by atomic mass is 32.1. The molecule has 4 N–H and O–H groups in total. The lowest BCUT2D eigenvalue weighted by Gasteiger charge is -2.05. The van der Waals surface area contributed by atoms with Crippen LogP contribution < -0.4 is 16.4 Å². The number of hydrogen-bond acceptors (Lipinski definition) is 4. The van der Waals surface area contributed by atoms with E-state index in [1.807, 2.05) is 6.07 Å². The molecule has 1 heterocycles. The number of nitrogens with one attached hydrogen (secondary N) is 2. The molecule has 0 unspecified atom stereocenters. The fourth-order valence-corrected chi connectivity index (χ4v) is 2.22. The van der Waals surface area contributed by atoms with E-state index in [0.29, 0.717) is 16.5 Å².